The third-order valence-electron chi connectivity index (χ3n) is 5.10. The molecular formula is C16H23NO. The summed E-state index contributed by atoms with van der Waals surface area (Å²) in [6, 6.07) is 0. The topological polar surface area (TPSA) is 20.3 Å². The molecule has 98 valence electrons. The van der Waals surface area contributed by atoms with Crippen LogP contribution in [0.3, 0.4) is 0 Å². The number of fused-ring (bicyclic) bond motifs is 2. The van der Waals surface area contributed by atoms with Crippen molar-refractivity contribution in [3.63, 3.8) is 0 Å². The average molecular weight is 245 g/mol. The highest BCUT2D eigenvalue weighted by Gasteiger charge is 2.35. The molecule has 0 spiro atoms. The maximum absolute atomic E-state index is 11.9. The summed E-state index contributed by atoms with van der Waals surface area (Å²) in [5, 5.41) is 0. The third-order valence-corrected chi connectivity index (χ3v) is 5.10. The summed E-state index contributed by atoms with van der Waals surface area (Å²) in [4.78, 5) is 13.9. The van der Waals surface area contributed by atoms with Gasteiger partial charge in [0, 0.05) is 18.7 Å². The van der Waals surface area contributed by atoms with Gasteiger partial charge in [0.05, 0.1) is 0 Å². The summed E-state index contributed by atoms with van der Waals surface area (Å²) in [5.74, 6) is 2.89. The van der Waals surface area contributed by atoms with Crippen LogP contribution in [0.4, 0.5) is 0 Å². The lowest BCUT2D eigenvalue weighted by molar-refractivity contribution is -0.125. The Balaban J connectivity index is 1.44. The number of allylic oxidation sites excluding steroid dienone is 2. The number of hydrogen-bond donors (Lipinski definition) is 0. The Hall–Kier alpha value is -1.05. The fraction of sp³-hybridized carbons (Fsp3) is 0.688. The van der Waals surface area contributed by atoms with Crippen LogP contribution in [0.15, 0.2) is 23.3 Å². The van der Waals surface area contributed by atoms with Crippen molar-refractivity contribution in [2.45, 2.75) is 39.5 Å². The largest absolute Gasteiger partial charge is 0.335 e. The van der Waals surface area contributed by atoms with E-state index in [0.717, 1.165) is 36.4 Å². The van der Waals surface area contributed by atoms with E-state index >= 15 is 0 Å². The molecule has 1 saturated carbocycles. The van der Waals surface area contributed by atoms with Gasteiger partial charge in [0.25, 0.3) is 0 Å². The lowest BCUT2D eigenvalue weighted by Gasteiger charge is -2.21. The van der Waals surface area contributed by atoms with E-state index in [4.69, 9.17) is 0 Å². The molecular weight excluding hydrogens is 222 g/mol. The number of rotatable bonds is 4. The Morgan fingerprint density at radius 1 is 1.28 bits per heavy atom. The molecule has 2 heteroatoms. The highest BCUT2D eigenvalue weighted by Crippen LogP contribution is 2.45. The number of carbonyl (C=O) groups is 1. The molecule has 0 saturated heterocycles. The summed E-state index contributed by atoms with van der Waals surface area (Å²) in [6.45, 7) is 5.85. The molecule has 0 radical (unpaired) electrons. The first-order chi connectivity index (χ1) is 8.65. The average Bonchev–Trinajstić information content (AvgIpc) is 3.02. The van der Waals surface area contributed by atoms with Crippen molar-refractivity contribution in [1.82, 2.24) is 4.90 Å². The van der Waals surface area contributed by atoms with Crippen LogP contribution in [0.2, 0.25) is 0 Å². The molecule has 0 aromatic heterocycles. The van der Waals surface area contributed by atoms with Crippen molar-refractivity contribution >= 4 is 5.91 Å². The maximum atomic E-state index is 11.9. The van der Waals surface area contributed by atoms with E-state index < -0.39 is 0 Å². The van der Waals surface area contributed by atoms with Gasteiger partial charge in [0.1, 0.15) is 0 Å². The number of hydrogen-bond acceptors (Lipinski definition) is 1. The molecule has 2 bridgehead atoms. The van der Waals surface area contributed by atoms with Gasteiger partial charge in [-0.1, -0.05) is 12.2 Å². The normalized spacial score (nSPS) is 34.2. The number of amides is 1. The summed E-state index contributed by atoms with van der Waals surface area (Å²) >= 11 is 0. The van der Waals surface area contributed by atoms with Crippen LogP contribution in [-0.2, 0) is 4.79 Å². The summed E-state index contributed by atoms with van der Waals surface area (Å²) in [7, 11) is 0. The smallest absolute Gasteiger partial charge is 0.249 e. The van der Waals surface area contributed by atoms with E-state index in [-0.39, 0.29) is 5.91 Å². The fourth-order valence-electron chi connectivity index (χ4n) is 3.85. The molecule has 3 aliphatic rings. The number of nitrogens with zero attached hydrogens (tertiary/aromatic N) is 1. The van der Waals surface area contributed by atoms with E-state index in [1.54, 1.807) is 0 Å². The van der Waals surface area contributed by atoms with Crippen LogP contribution < -0.4 is 0 Å². The van der Waals surface area contributed by atoms with Crippen molar-refractivity contribution in [2.24, 2.45) is 17.8 Å². The van der Waals surface area contributed by atoms with Gasteiger partial charge in [-0.3, -0.25) is 4.79 Å². The Morgan fingerprint density at radius 2 is 2.11 bits per heavy atom. The van der Waals surface area contributed by atoms with Gasteiger partial charge < -0.3 is 4.90 Å². The fourth-order valence-corrected chi connectivity index (χ4v) is 3.85. The van der Waals surface area contributed by atoms with Crippen molar-refractivity contribution in [3.05, 3.63) is 23.3 Å². The Labute approximate surface area is 110 Å². The minimum atomic E-state index is 0.264. The van der Waals surface area contributed by atoms with Gasteiger partial charge in [-0.25, -0.2) is 0 Å². The zero-order valence-electron chi connectivity index (χ0n) is 11.5. The van der Waals surface area contributed by atoms with Crippen LogP contribution in [-0.4, -0.2) is 23.9 Å². The Bertz CT molecular complexity index is 421. The van der Waals surface area contributed by atoms with Crippen molar-refractivity contribution in [3.8, 4) is 0 Å². The van der Waals surface area contributed by atoms with Crippen LogP contribution in [0.5, 0.6) is 0 Å². The first kappa shape index (κ1) is 12.0. The Kier molecular flexibility index (Phi) is 3.04. The second kappa shape index (κ2) is 4.56. The molecule has 2 nitrogen and oxygen atoms in total. The van der Waals surface area contributed by atoms with Gasteiger partial charge in [-0.15, -0.1) is 0 Å². The van der Waals surface area contributed by atoms with E-state index in [1.807, 2.05) is 11.8 Å². The molecule has 0 aromatic carbocycles. The minimum Gasteiger partial charge on any atom is -0.335 e. The third kappa shape index (κ3) is 2.02. The van der Waals surface area contributed by atoms with Gasteiger partial charge in [-0.2, -0.15) is 0 Å². The standard InChI is InChI=1S/C16H23NO/c1-11-10-17(16(18)12(11)2)7-3-4-14-8-13-5-6-15(14)9-13/h5-6,13-15H,3-4,7-10H2,1-2H3. The second-order valence-corrected chi connectivity index (χ2v) is 6.31. The lowest BCUT2D eigenvalue weighted by atomic mass is 9.89. The summed E-state index contributed by atoms with van der Waals surface area (Å²) < 4.78 is 0. The van der Waals surface area contributed by atoms with Crippen LogP contribution in [0.25, 0.3) is 0 Å². The van der Waals surface area contributed by atoms with Gasteiger partial charge >= 0.3 is 0 Å². The predicted octanol–water partition coefficient (Wildman–Crippen LogP) is 3.16. The first-order valence-corrected chi connectivity index (χ1v) is 7.29. The van der Waals surface area contributed by atoms with Crippen molar-refractivity contribution < 1.29 is 4.79 Å². The molecule has 1 heterocycles. The molecule has 0 aromatic rings. The Morgan fingerprint density at radius 3 is 2.67 bits per heavy atom. The second-order valence-electron chi connectivity index (χ2n) is 6.31. The first-order valence-electron chi connectivity index (χ1n) is 7.29. The van der Waals surface area contributed by atoms with E-state index in [9.17, 15) is 4.79 Å². The predicted molar refractivity (Wildman–Crippen MR) is 73.0 cm³/mol. The molecule has 1 fully saturated rings. The minimum absolute atomic E-state index is 0.264. The van der Waals surface area contributed by atoms with Gasteiger partial charge in [0.15, 0.2) is 0 Å². The zero-order chi connectivity index (χ0) is 12.7. The van der Waals surface area contributed by atoms with E-state index in [2.05, 4.69) is 19.1 Å². The van der Waals surface area contributed by atoms with Gasteiger partial charge in [0.2, 0.25) is 5.91 Å². The van der Waals surface area contributed by atoms with E-state index in [0.29, 0.717) is 0 Å². The van der Waals surface area contributed by atoms with Crippen molar-refractivity contribution in [1.29, 1.82) is 0 Å². The zero-order valence-corrected chi connectivity index (χ0v) is 11.5. The molecule has 2 aliphatic carbocycles. The van der Waals surface area contributed by atoms with Crippen LogP contribution in [0.1, 0.15) is 39.5 Å². The molecule has 1 amide bonds. The molecule has 3 rings (SSSR count). The van der Waals surface area contributed by atoms with E-state index in [1.165, 1.54) is 31.3 Å². The quantitative estimate of drug-likeness (QED) is 0.697. The molecule has 1 aliphatic heterocycles. The molecule has 0 N–H and O–H groups in total. The summed E-state index contributed by atoms with van der Waals surface area (Å²) in [5.41, 5.74) is 2.22. The highest BCUT2D eigenvalue weighted by atomic mass is 16.2. The number of carbonyl (C=O) groups excluding carboxylic acids is 1. The lowest BCUT2D eigenvalue weighted by Crippen LogP contribution is -2.28. The molecule has 3 unspecified atom stereocenters. The van der Waals surface area contributed by atoms with Gasteiger partial charge in [-0.05, 0) is 62.9 Å². The van der Waals surface area contributed by atoms with Crippen molar-refractivity contribution in [2.75, 3.05) is 13.1 Å². The molecule has 18 heavy (non-hydrogen) atoms. The maximum Gasteiger partial charge on any atom is 0.249 e. The monoisotopic (exact) mass is 245 g/mol. The summed E-state index contributed by atoms with van der Waals surface area (Å²) in [6.07, 6.45) is 10.1. The SMILES string of the molecule is CC1=C(C)C(=O)N(CCCC2CC3C=CC2C3)C1. The van der Waals surface area contributed by atoms with Crippen LogP contribution >= 0.6 is 0 Å². The van der Waals surface area contributed by atoms with Crippen LogP contribution in [0, 0.1) is 17.8 Å². The highest BCUT2D eigenvalue weighted by molar-refractivity contribution is 5.96. The molecule has 3 atom stereocenters.